The van der Waals surface area contributed by atoms with Gasteiger partial charge in [0.2, 0.25) is 0 Å². The van der Waals surface area contributed by atoms with Crippen LogP contribution in [0.4, 0.5) is 0 Å². The first-order valence-electron chi connectivity index (χ1n) is 10.9. The summed E-state index contributed by atoms with van der Waals surface area (Å²) in [4.78, 5) is 0. The molecular formula is C24H35BN2O2. The minimum atomic E-state index is -1.19. The Kier molecular flexibility index (Phi) is 7.52. The van der Waals surface area contributed by atoms with Crippen LogP contribution in [0.3, 0.4) is 0 Å². The number of hydrogen-bond acceptors (Lipinski definition) is 4. The van der Waals surface area contributed by atoms with Crippen molar-refractivity contribution >= 4 is 7.12 Å². The van der Waals surface area contributed by atoms with Gasteiger partial charge in [-0.15, -0.1) is 0 Å². The Hall–Kier alpha value is -1.66. The SMILES string of the molecule is Cc1ccc(-c2cccc(CNC3CC(C(C)(N)CCCCB(O)O)C3)c2)cc1. The minimum absolute atomic E-state index is 0.163. The molecule has 0 aliphatic heterocycles. The number of unbranched alkanes of at least 4 members (excludes halogenated alkanes) is 1. The molecule has 0 amide bonds. The highest BCUT2D eigenvalue weighted by atomic mass is 16.4. The second kappa shape index (κ2) is 9.90. The van der Waals surface area contributed by atoms with Gasteiger partial charge in [0.1, 0.15) is 0 Å². The average molecular weight is 394 g/mol. The summed E-state index contributed by atoms with van der Waals surface area (Å²) < 4.78 is 0. The van der Waals surface area contributed by atoms with E-state index in [1.807, 2.05) is 0 Å². The molecular weight excluding hydrogens is 359 g/mol. The molecule has 3 rings (SSSR count). The van der Waals surface area contributed by atoms with Crippen molar-refractivity contribution in [3.05, 3.63) is 59.7 Å². The van der Waals surface area contributed by atoms with Gasteiger partial charge in [-0.3, -0.25) is 0 Å². The quantitative estimate of drug-likeness (QED) is 0.364. The first-order valence-corrected chi connectivity index (χ1v) is 10.9. The zero-order chi connectivity index (χ0) is 20.9. The lowest BCUT2D eigenvalue weighted by molar-refractivity contribution is 0.123. The first kappa shape index (κ1) is 22.0. The van der Waals surface area contributed by atoms with Gasteiger partial charge in [0.25, 0.3) is 0 Å². The first-order chi connectivity index (χ1) is 13.8. The van der Waals surface area contributed by atoms with Crippen molar-refractivity contribution in [2.24, 2.45) is 11.7 Å². The van der Waals surface area contributed by atoms with E-state index in [1.54, 1.807) is 0 Å². The number of benzene rings is 2. The molecule has 29 heavy (non-hydrogen) atoms. The van der Waals surface area contributed by atoms with E-state index >= 15 is 0 Å². The highest BCUT2D eigenvalue weighted by molar-refractivity contribution is 6.40. The maximum atomic E-state index is 8.94. The molecule has 0 bridgehead atoms. The summed E-state index contributed by atoms with van der Waals surface area (Å²) >= 11 is 0. The Balaban J connectivity index is 1.43. The minimum Gasteiger partial charge on any atom is -0.427 e. The molecule has 0 saturated heterocycles. The van der Waals surface area contributed by atoms with Gasteiger partial charge in [0.05, 0.1) is 0 Å². The highest BCUT2D eigenvalue weighted by Crippen LogP contribution is 2.38. The summed E-state index contributed by atoms with van der Waals surface area (Å²) in [5.41, 5.74) is 11.5. The number of aryl methyl sites for hydroxylation is 1. The monoisotopic (exact) mass is 394 g/mol. The number of hydrogen-bond donors (Lipinski definition) is 4. The lowest BCUT2D eigenvalue weighted by Crippen LogP contribution is -2.54. The molecule has 0 heterocycles. The van der Waals surface area contributed by atoms with Crippen LogP contribution in [-0.4, -0.2) is 28.7 Å². The van der Waals surface area contributed by atoms with Crippen LogP contribution in [0, 0.1) is 12.8 Å². The Morgan fingerprint density at radius 1 is 1.07 bits per heavy atom. The summed E-state index contributed by atoms with van der Waals surface area (Å²) in [5, 5.41) is 21.6. The molecule has 1 unspecified atom stereocenters. The van der Waals surface area contributed by atoms with Gasteiger partial charge in [-0.1, -0.05) is 60.9 Å². The molecule has 0 aromatic heterocycles. The molecule has 4 nitrogen and oxygen atoms in total. The van der Waals surface area contributed by atoms with E-state index in [-0.39, 0.29) is 5.54 Å². The predicted octanol–water partition coefficient (Wildman–Crippen LogP) is 3.89. The summed E-state index contributed by atoms with van der Waals surface area (Å²) in [5.74, 6) is 0.540. The molecule has 2 aromatic carbocycles. The van der Waals surface area contributed by atoms with Crippen molar-refractivity contribution in [2.45, 2.75) is 70.4 Å². The summed E-state index contributed by atoms with van der Waals surface area (Å²) in [6.07, 6.45) is 5.38. The fourth-order valence-electron chi connectivity index (χ4n) is 4.23. The summed E-state index contributed by atoms with van der Waals surface area (Å²) in [7, 11) is -1.19. The summed E-state index contributed by atoms with van der Waals surface area (Å²) in [6.45, 7) is 5.14. The van der Waals surface area contributed by atoms with Crippen LogP contribution in [0.2, 0.25) is 6.32 Å². The number of nitrogens with two attached hydrogens (primary N) is 1. The second-order valence-corrected chi connectivity index (χ2v) is 9.04. The van der Waals surface area contributed by atoms with E-state index in [4.69, 9.17) is 15.8 Å². The molecule has 1 saturated carbocycles. The largest absolute Gasteiger partial charge is 0.451 e. The average Bonchev–Trinajstić information content (AvgIpc) is 2.64. The molecule has 156 valence electrons. The molecule has 1 aliphatic rings. The Morgan fingerprint density at radius 3 is 2.48 bits per heavy atom. The smallest absolute Gasteiger partial charge is 0.427 e. The third-order valence-electron chi connectivity index (χ3n) is 6.41. The molecule has 1 atom stereocenters. The molecule has 0 spiro atoms. The molecule has 2 aromatic rings. The summed E-state index contributed by atoms with van der Waals surface area (Å²) in [6, 6.07) is 18.0. The van der Waals surface area contributed by atoms with Gasteiger partial charge in [0.15, 0.2) is 0 Å². The van der Waals surface area contributed by atoms with Gasteiger partial charge in [0, 0.05) is 18.1 Å². The van der Waals surface area contributed by atoms with Crippen molar-refractivity contribution in [1.82, 2.24) is 5.32 Å². The third-order valence-corrected chi connectivity index (χ3v) is 6.41. The zero-order valence-corrected chi connectivity index (χ0v) is 17.8. The van der Waals surface area contributed by atoms with E-state index in [2.05, 4.69) is 67.7 Å². The van der Waals surface area contributed by atoms with Crippen molar-refractivity contribution in [3.8, 4) is 11.1 Å². The van der Waals surface area contributed by atoms with Crippen LogP contribution in [0.5, 0.6) is 0 Å². The van der Waals surface area contributed by atoms with Gasteiger partial charge >= 0.3 is 7.12 Å². The van der Waals surface area contributed by atoms with Crippen molar-refractivity contribution < 1.29 is 10.0 Å². The van der Waals surface area contributed by atoms with Crippen molar-refractivity contribution in [2.75, 3.05) is 0 Å². The number of rotatable bonds is 10. The molecule has 5 heteroatoms. The van der Waals surface area contributed by atoms with Crippen LogP contribution in [-0.2, 0) is 6.54 Å². The number of nitrogens with one attached hydrogen (secondary N) is 1. The molecule has 1 fully saturated rings. The predicted molar refractivity (Wildman–Crippen MR) is 121 cm³/mol. The maximum Gasteiger partial charge on any atom is 0.451 e. The van der Waals surface area contributed by atoms with E-state index in [0.29, 0.717) is 18.3 Å². The second-order valence-electron chi connectivity index (χ2n) is 9.04. The van der Waals surface area contributed by atoms with Crippen molar-refractivity contribution in [1.29, 1.82) is 0 Å². The lowest BCUT2D eigenvalue weighted by atomic mass is 9.67. The topological polar surface area (TPSA) is 78.5 Å². The van der Waals surface area contributed by atoms with Gasteiger partial charge in [-0.2, -0.15) is 0 Å². The van der Waals surface area contributed by atoms with Gasteiger partial charge < -0.3 is 21.1 Å². The van der Waals surface area contributed by atoms with E-state index in [9.17, 15) is 0 Å². The highest BCUT2D eigenvalue weighted by Gasteiger charge is 2.39. The van der Waals surface area contributed by atoms with Crippen LogP contribution < -0.4 is 11.1 Å². The Bertz CT molecular complexity index is 771. The maximum absolute atomic E-state index is 8.94. The molecule has 5 N–H and O–H groups in total. The van der Waals surface area contributed by atoms with Crippen LogP contribution in [0.15, 0.2) is 48.5 Å². The van der Waals surface area contributed by atoms with Crippen molar-refractivity contribution in [3.63, 3.8) is 0 Å². The van der Waals surface area contributed by atoms with E-state index < -0.39 is 7.12 Å². The van der Waals surface area contributed by atoms with Crippen LogP contribution in [0.1, 0.15) is 50.2 Å². The normalized spacial score (nSPS) is 20.7. The standard InChI is InChI=1S/C24H35BN2O2/c1-18-8-10-20(11-9-18)21-7-5-6-19(14-21)17-27-23-15-22(16-23)24(2,26)12-3-4-13-25(28)29/h5-11,14,22-23,27-29H,3-4,12-13,15-17,26H2,1-2H3. The lowest BCUT2D eigenvalue weighted by Gasteiger charge is -2.46. The fourth-order valence-corrected chi connectivity index (χ4v) is 4.23. The van der Waals surface area contributed by atoms with Gasteiger partial charge in [-0.05, 0) is 68.1 Å². The Morgan fingerprint density at radius 2 is 1.79 bits per heavy atom. The van der Waals surface area contributed by atoms with E-state index in [0.717, 1.165) is 38.6 Å². The molecule has 1 aliphatic carbocycles. The van der Waals surface area contributed by atoms with Crippen LogP contribution in [0.25, 0.3) is 11.1 Å². The fraction of sp³-hybridized carbons (Fsp3) is 0.500. The molecule has 0 radical (unpaired) electrons. The third kappa shape index (κ3) is 6.41. The Labute approximate surface area is 175 Å². The van der Waals surface area contributed by atoms with Crippen LogP contribution >= 0.6 is 0 Å². The van der Waals surface area contributed by atoms with Gasteiger partial charge in [-0.25, -0.2) is 0 Å². The van der Waals surface area contributed by atoms with E-state index in [1.165, 1.54) is 22.3 Å². The zero-order valence-electron chi connectivity index (χ0n) is 17.8.